The Hall–Kier alpha value is -1.46. The summed E-state index contributed by atoms with van der Waals surface area (Å²) in [6, 6.07) is 6.25. The molecule has 5 nitrogen and oxygen atoms in total. The summed E-state index contributed by atoms with van der Waals surface area (Å²) in [6.45, 7) is 3.23. The van der Waals surface area contributed by atoms with Crippen LogP contribution in [0.3, 0.4) is 0 Å². The largest absolute Gasteiger partial charge is 0.497 e. The van der Waals surface area contributed by atoms with Gasteiger partial charge in [0.15, 0.2) is 0 Å². The summed E-state index contributed by atoms with van der Waals surface area (Å²) in [4.78, 5) is 2.33. The van der Waals surface area contributed by atoms with Gasteiger partial charge in [-0.3, -0.25) is 0 Å². The number of methoxy groups -OCH3 is 2. The van der Waals surface area contributed by atoms with Crippen molar-refractivity contribution in [2.24, 2.45) is 0 Å². The Labute approximate surface area is 114 Å². The molecule has 106 valence electrons. The highest BCUT2D eigenvalue weighted by Gasteiger charge is 2.25. The number of morpholine rings is 1. The van der Waals surface area contributed by atoms with E-state index in [0.29, 0.717) is 6.04 Å². The number of nitrogens with zero attached hydrogens (tertiary/aromatic N) is 1. The van der Waals surface area contributed by atoms with Crippen LogP contribution in [-0.2, 0) is 4.74 Å². The first kappa shape index (κ1) is 14.0. The van der Waals surface area contributed by atoms with Crippen LogP contribution in [0.5, 0.6) is 11.5 Å². The Balaban J connectivity index is 2.27. The van der Waals surface area contributed by atoms with E-state index in [2.05, 4.69) is 10.2 Å². The molecule has 0 spiro atoms. The van der Waals surface area contributed by atoms with Crippen LogP contribution < -0.4 is 19.7 Å². The van der Waals surface area contributed by atoms with Gasteiger partial charge in [-0.15, -0.1) is 0 Å². The van der Waals surface area contributed by atoms with E-state index in [1.165, 1.54) is 0 Å². The van der Waals surface area contributed by atoms with Crippen LogP contribution >= 0.6 is 0 Å². The lowest BCUT2D eigenvalue weighted by Gasteiger charge is -2.38. The summed E-state index contributed by atoms with van der Waals surface area (Å²) in [5.41, 5.74) is 1.09. The lowest BCUT2D eigenvalue weighted by atomic mass is 10.1. The fourth-order valence-corrected chi connectivity index (χ4v) is 2.40. The molecule has 1 atom stereocenters. The van der Waals surface area contributed by atoms with E-state index in [1.54, 1.807) is 14.2 Å². The molecule has 1 fully saturated rings. The lowest BCUT2D eigenvalue weighted by molar-refractivity contribution is 0.0940. The normalized spacial score (nSPS) is 19.3. The molecule has 0 radical (unpaired) electrons. The molecule has 0 aromatic heterocycles. The third-order valence-corrected chi connectivity index (χ3v) is 3.36. The predicted molar refractivity (Wildman–Crippen MR) is 75.4 cm³/mol. The number of hydrogen-bond acceptors (Lipinski definition) is 5. The molecule has 1 heterocycles. The van der Waals surface area contributed by atoms with Gasteiger partial charge in [0.2, 0.25) is 0 Å². The van der Waals surface area contributed by atoms with Crippen molar-refractivity contribution in [3.63, 3.8) is 0 Å². The summed E-state index contributed by atoms with van der Waals surface area (Å²) in [7, 11) is 5.30. The van der Waals surface area contributed by atoms with Crippen LogP contribution in [0, 0.1) is 0 Å². The third kappa shape index (κ3) is 3.11. The smallest absolute Gasteiger partial charge is 0.145 e. The topological polar surface area (TPSA) is 43.0 Å². The number of hydrogen-bond donors (Lipinski definition) is 1. The van der Waals surface area contributed by atoms with E-state index in [-0.39, 0.29) is 0 Å². The number of anilines is 1. The number of ether oxygens (including phenoxy) is 3. The van der Waals surface area contributed by atoms with E-state index < -0.39 is 0 Å². The van der Waals surface area contributed by atoms with Crippen molar-refractivity contribution < 1.29 is 14.2 Å². The zero-order chi connectivity index (χ0) is 13.7. The molecule has 2 rings (SSSR count). The molecule has 1 saturated heterocycles. The highest BCUT2D eigenvalue weighted by molar-refractivity contribution is 5.62. The van der Waals surface area contributed by atoms with Gasteiger partial charge in [0.05, 0.1) is 39.2 Å². The van der Waals surface area contributed by atoms with Crippen molar-refractivity contribution in [3.8, 4) is 11.5 Å². The van der Waals surface area contributed by atoms with Gasteiger partial charge in [-0.25, -0.2) is 0 Å². The van der Waals surface area contributed by atoms with Crippen molar-refractivity contribution in [2.75, 3.05) is 52.5 Å². The van der Waals surface area contributed by atoms with Crippen LogP contribution in [0.25, 0.3) is 0 Å². The second-order valence-corrected chi connectivity index (χ2v) is 4.52. The first-order valence-electron chi connectivity index (χ1n) is 6.51. The van der Waals surface area contributed by atoms with Crippen molar-refractivity contribution in [3.05, 3.63) is 18.2 Å². The number of likely N-dealkylation sites (N-methyl/N-ethyl adjacent to an activating group) is 1. The van der Waals surface area contributed by atoms with Gasteiger partial charge < -0.3 is 24.4 Å². The zero-order valence-corrected chi connectivity index (χ0v) is 11.8. The number of rotatable bonds is 5. The van der Waals surface area contributed by atoms with Gasteiger partial charge in [0.1, 0.15) is 11.5 Å². The van der Waals surface area contributed by atoms with E-state index in [1.807, 2.05) is 25.2 Å². The fourth-order valence-electron chi connectivity index (χ4n) is 2.40. The van der Waals surface area contributed by atoms with Gasteiger partial charge in [-0.1, -0.05) is 0 Å². The van der Waals surface area contributed by atoms with Crippen LogP contribution in [0.1, 0.15) is 0 Å². The highest BCUT2D eigenvalue weighted by atomic mass is 16.5. The monoisotopic (exact) mass is 266 g/mol. The number of nitrogens with one attached hydrogen (secondary N) is 1. The first-order chi connectivity index (χ1) is 9.30. The van der Waals surface area contributed by atoms with Crippen LogP contribution in [-0.4, -0.2) is 53.6 Å². The molecular formula is C14H22N2O3. The second kappa shape index (κ2) is 6.63. The fraction of sp³-hybridized carbons (Fsp3) is 0.571. The Morgan fingerprint density at radius 1 is 1.37 bits per heavy atom. The summed E-state index contributed by atoms with van der Waals surface area (Å²) in [5, 5.41) is 3.21. The maximum Gasteiger partial charge on any atom is 0.145 e. The molecule has 0 amide bonds. The third-order valence-electron chi connectivity index (χ3n) is 3.36. The SMILES string of the molecule is CNCC1COCCN1c1ccc(OC)cc1OC. The van der Waals surface area contributed by atoms with Gasteiger partial charge >= 0.3 is 0 Å². The van der Waals surface area contributed by atoms with Gasteiger partial charge in [0, 0.05) is 19.2 Å². The van der Waals surface area contributed by atoms with Crippen LogP contribution in [0.2, 0.25) is 0 Å². The maximum absolute atomic E-state index is 5.56. The number of benzene rings is 1. The summed E-state index contributed by atoms with van der Waals surface area (Å²) in [6.07, 6.45) is 0. The van der Waals surface area contributed by atoms with Crippen LogP contribution in [0.4, 0.5) is 5.69 Å². The minimum atomic E-state index is 0.320. The molecule has 1 unspecified atom stereocenters. The average Bonchev–Trinajstić information content (AvgIpc) is 2.47. The Bertz CT molecular complexity index is 410. The Morgan fingerprint density at radius 2 is 2.21 bits per heavy atom. The standard InChI is InChI=1S/C14H22N2O3/c1-15-9-11-10-19-7-6-16(11)13-5-4-12(17-2)8-14(13)18-3/h4-5,8,11,15H,6-7,9-10H2,1-3H3. The molecule has 1 aliphatic heterocycles. The summed E-state index contributed by atoms with van der Waals surface area (Å²) >= 11 is 0. The molecule has 0 saturated carbocycles. The van der Waals surface area contributed by atoms with Crippen molar-refractivity contribution in [2.45, 2.75) is 6.04 Å². The lowest BCUT2D eigenvalue weighted by Crippen LogP contribution is -2.50. The minimum Gasteiger partial charge on any atom is -0.497 e. The summed E-state index contributed by atoms with van der Waals surface area (Å²) < 4.78 is 16.3. The quantitative estimate of drug-likeness (QED) is 0.865. The molecule has 0 bridgehead atoms. The maximum atomic E-state index is 5.56. The summed E-state index contributed by atoms with van der Waals surface area (Å²) in [5.74, 6) is 1.64. The van der Waals surface area contributed by atoms with Crippen molar-refractivity contribution in [1.29, 1.82) is 0 Å². The van der Waals surface area contributed by atoms with Crippen molar-refractivity contribution in [1.82, 2.24) is 5.32 Å². The molecule has 1 aromatic carbocycles. The first-order valence-corrected chi connectivity index (χ1v) is 6.51. The van der Waals surface area contributed by atoms with Crippen LogP contribution in [0.15, 0.2) is 18.2 Å². The predicted octanol–water partition coefficient (Wildman–Crippen LogP) is 1.13. The van der Waals surface area contributed by atoms with E-state index in [4.69, 9.17) is 14.2 Å². The minimum absolute atomic E-state index is 0.320. The van der Waals surface area contributed by atoms with E-state index in [0.717, 1.165) is 43.5 Å². The molecule has 1 N–H and O–H groups in total. The highest BCUT2D eigenvalue weighted by Crippen LogP contribution is 2.33. The van der Waals surface area contributed by atoms with Crippen molar-refractivity contribution >= 4 is 5.69 Å². The van der Waals surface area contributed by atoms with Gasteiger partial charge in [-0.2, -0.15) is 0 Å². The second-order valence-electron chi connectivity index (χ2n) is 4.52. The molecule has 5 heteroatoms. The van der Waals surface area contributed by atoms with Gasteiger partial charge in [-0.05, 0) is 19.2 Å². The molecule has 1 aromatic rings. The molecular weight excluding hydrogens is 244 g/mol. The molecule has 19 heavy (non-hydrogen) atoms. The van der Waals surface area contributed by atoms with Gasteiger partial charge in [0.25, 0.3) is 0 Å². The molecule has 0 aliphatic carbocycles. The van der Waals surface area contributed by atoms with E-state index in [9.17, 15) is 0 Å². The Morgan fingerprint density at radius 3 is 2.89 bits per heavy atom. The molecule has 1 aliphatic rings. The zero-order valence-electron chi connectivity index (χ0n) is 11.8. The van der Waals surface area contributed by atoms with E-state index >= 15 is 0 Å². The average molecular weight is 266 g/mol. The Kier molecular flexibility index (Phi) is 4.87.